The number of carbonyl (C=O) groups is 2. The summed E-state index contributed by atoms with van der Waals surface area (Å²) in [5, 5.41) is 5.53. The van der Waals surface area contributed by atoms with Crippen molar-refractivity contribution in [2.45, 2.75) is 44.8 Å². The third kappa shape index (κ3) is 6.60. The van der Waals surface area contributed by atoms with E-state index in [1.165, 1.54) is 30.6 Å². The van der Waals surface area contributed by atoms with Gasteiger partial charge in [-0.3, -0.25) is 10.6 Å². The molecule has 2 N–H and O–H groups in total. The van der Waals surface area contributed by atoms with Crippen LogP contribution in [0.1, 0.15) is 24.6 Å². The highest BCUT2D eigenvalue weighted by Gasteiger charge is 2.48. The third-order valence-corrected chi connectivity index (χ3v) is 7.49. The summed E-state index contributed by atoms with van der Waals surface area (Å²) < 4.78 is 35.3. The fourth-order valence-electron chi connectivity index (χ4n) is 4.55. The Morgan fingerprint density at radius 2 is 2.03 bits per heavy atom. The van der Waals surface area contributed by atoms with Crippen LogP contribution < -0.4 is 15.5 Å². The second-order valence-corrected chi connectivity index (χ2v) is 10.9. The Labute approximate surface area is 218 Å². The van der Waals surface area contributed by atoms with Crippen LogP contribution in [-0.4, -0.2) is 95.2 Å². The lowest BCUT2D eigenvalue weighted by Crippen LogP contribution is -2.60. The molecule has 3 atom stereocenters. The van der Waals surface area contributed by atoms with Gasteiger partial charge in [0, 0.05) is 62.8 Å². The highest BCUT2D eigenvalue weighted by molar-refractivity contribution is 7.15. The quantitative estimate of drug-likeness (QED) is 0.594. The molecule has 2 fully saturated rings. The molecule has 0 aromatic carbocycles. The number of rotatable bonds is 5. The number of hydrogen-bond acceptors (Lipinski definition) is 9. The smallest absolute Gasteiger partial charge is 0.413 e. The van der Waals surface area contributed by atoms with E-state index >= 15 is 0 Å². The fraction of sp³-hybridized carbons (Fsp3) is 0.609. The van der Waals surface area contributed by atoms with E-state index in [0.29, 0.717) is 5.13 Å². The van der Waals surface area contributed by atoms with Gasteiger partial charge < -0.3 is 19.4 Å². The molecule has 2 saturated heterocycles. The average Bonchev–Trinajstić information content (AvgIpc) is 3.24. The number of nitrogens with one attached hydrogen (secondary N) is 2. The van der Waals surface area contributed by atoms with Crippen LogP contribution in [0, 0.1) is 12.8 Å². The molecule has 3 amide bonds. The number of hydrogen-bond donors (Lipinski definition) is 2. The first-order valence-corrected chi connectivity index (χ1v) is 12.9. The first-order valence-electron chi connectivity index (χ1n) is 12.1. The van der Waals surface area contributed by atoms with Gasteiger partial charge in [-0.05, 0) is 26.5 Å². The van der Waals surface area contributed by atoms with Crippen LogP contribution in [0.2, 0.25) is 0 Å². The molecule has 0 radical (unpaired) electrons. The number of likely N-dealkylation sites (tertiary alicyclic amines) is 1. The normalized spacial score (nSPS) is 23.8. The van der Waals surface area contributed by atoms with Crippen LogP contribution in [0.4, 0.5) is 35.3 Å². The summed E-state index contributed by atoms with van der Waals surface area (Å²) in [6.45, 7) is 5.36. The van der Waals surface area contributed by atoms with E-state index in [2.05, 4.69) is 30.5 Å². The molecule has 0 unspecified atom stereocenters. The highest BCUT2D eigenvalue weighted by atomic mass is 32.1. The molecule has 14 heteroatoms. The number of urea groups is 1. The summed E-state index contributed by atoms with van der Waals surface area (Å²) in [5.74, 6) is -2.53. The van der Waals surface area contributed by atoms with E-state index in [4.69, 9.17) is 4.74 Å². The molecule has 2 aliphatic rings. The number of aryl methyl sites for hydroxylation is 1. The summed E-state index contributed by atoms with van der Waals surface area (Å²) in [4.78, 5) is 43.4. The fourth-order valence-corrected chi connectivity index (χ4v) is 5.21. The molecule has 4 heterocycles. The van der Waals surface area contributed by atoms with Crippen molar-refractivity contribution in [2.75, 3.05) is 55.8 Å². The SMILES string of the molecule is Cc1cnc(NC(=O)N(C)[C@H]2CN(c3nccc(NC(=O)O[C@H]4CCN(C)C[C@H]4C)n3)CCC2(F)F)s1. The van der Waals surface area contributed by atoms with Crippen LogP contribution in [0.3, 0.4) is 0 Å². The number of likely N-dealkylation sites (N-methyl/N-ethyl adjacent to an activating group) is 1. The molecule has 4 rings (SSSR count). The van der Waals surface area contributed by atoms with Crippen LogP contribution in [0.5, 0.6) is 0 Å². The summed E-state index contributed by atoms with van der Waals surface area (Å²) in [7, 11) is 3.36. The Hall–Kier alpha value is -3.13. The van der Waals surface area contributed by atoms with Gasteiger partial charge in [-0.2, -0.15) is 4.98 Å². The van der Waals surface area contributed by atoms with Crippen LogP contribution >= 0.6 is 11.3 Å². The van der Waals surface area contributed by atoms with E-state index in [0.717, 1.165) is 29.3 Å². The van der Waals surface area contributed by atoms with Gasteiger partial charge in [-0.25, -0.2) is 28.3 Å². The summed E-state index contributed by atoms with van der Waals surface area (Å²) in [6, 6.07) is -0.587. The van der Waals surface area contributed by atoms with Gasteiger partial charge in [0.25, 0.3) is 5.92 Å². The second-order valence-electron chi connectivity index (χ2n) is 9.63. The standard InChI is InChI=1S/C23H32F2N8O3S/c1-14-12-31(3)9-6-16(14)36-22(35)29-18-5-8-26-19(28-18)33-10-7-23(24,25)17(13-33)32(4)21(34)30-20-27-11-15(2)37-20/h5,8,11,14,16-17H,6-7,9-10,12-13H2,1-4H3,(H,27,30,34)(H,26,28,29,35)/t14-,16+,17+/m1/s1. The van der Waals surface area contributed by atoms with Crippen molar-refractivity contribution in [3.8, 4) is 0 Å². The van der Waals surface area contributed by atoms with Gasteiger partial charge in [0.05, 0.1) is 0 Å². The topological polar surface area (TPSA) is 116 Å². The predicted octanol–water partition coefficient (Wildman–Crippen LogP) is 3.51. The third-order valence-electron chi connectivity index (χ3n) is 6.66. The van der Waals surface area contributed by atoms with E-state index in [1.54, 1.807) is 11.1 Å². The number of amides is 3. The summed E-state index contributed by atoms with van der Waals surface area (Å²) >= 11 is 1.26. The zero-order chi connectivity index (χ0) is 26.7. The average molecular weight is 539 g/mol. The molecule has 2 aromatic heterocycles. The van der Waals surface area contributed by atoms with E-state index in [9.17, 15) is 18.4 Å². The monoisotopic (exact) mass is 538 g/mol. The number of thiazole rings is 1. The number of piperidine rings is 2. The Balaban J connectivity index is 1.39. The van der Waals surface area contributed by atoms with Crippen molar-refractivity contribution < 1.29 is 23.1 Å². The Morgan fingerprint density at radius 3 is 2.73 bits per heavy atom. The molecule has 0 spiro atoms. The van der Waals surface area contributed by atoms with Gasteiger partial charge in [0.1, 0.15) is 18.0 Å². The molecular weight excluding hydrogens is 506 g/mol. The molecule has 0 aliphatic carbocycles. The molecule has 2 aliphatic heterocycles. The lowest BCUT2D eigenvalue weighted by atomic mass is 9.97. The molecular formula is C23H32F2N8O3S. The summed E-state index contributed by atoms with van der Waals surface area (Å²) in [6.07, 6.45) is 2.48. The highest BCUT2D eigenvalue weighted by Crippen LogP contribution is 2.33. The minimum atomic E-state index is -3.11. The molecule has 2 aromatic rings. The maximum atomic E-state index is 14.9. The van der Waals surface area contributed by atoms with Crippen LogP contribution in [-0.2, 0) is 4.74 Å². The van der Waals surface area contributed by atoms with Crippen LogP contribution in [0.25, 0.3) is 0 Å². The maximum absolute atomic E-state index is 14.9. The molecule has 0 saturated carbocycles. The number of alkyl halides is 2. The van der Waals surface area contributed by atoms with Gasteiger partial charge in [-0.1, -0.05) is 6.92 Å². The molecule has 202 valence electrons. The zero-order valence-corrected chi connectivity index (χ0v) is 22.1. The molecule has 11 nitrogen and oxygen atoms in total. The van der Waals surface area contributed by atoms with Crippen molar-refractivity contribution >= 4 is 40.4 Å². The Morgan fingerprint density at radius 1 is 1.24 bits per heavy atom. The number of nitrogens with zero attached hydrogens (tertiary/aromatic N) is 6. The summed E-state index contributed by atoms with van der Waals surface area (Å²) in [5.41, 5.74) is 0. The minimum absolute atomic E-state index is 0.00829. The number of halogens is 2. The number of carbonyl (C=O) groups excluding carboxylic acids is 2. The van der Waals surface area contributed by atoms with Gasteiger partial charge >= 0.3 is 12.1 Å². The number of aromatic nitrogens is 3. The largest absolute Gasteiger partial charge is 0.446 e. The Kier molecular flexibility index (Phi) is 8.07. The van der Waals surface area contributed by atoms with Crippen molar-refractivity contribution in [2.24, 2.45) is 5.92 Å². The van der Waals surface area contributed by atoms with Gasteiger partial charge in [-0.15, -0.1) is 11.3 Å². The second kappa shape index (κ2) is 11.1. The van der Waals surface area contributed by atoms with Gasteiger partial charge in [0.15, 0.2) is 5.13 Å². The van der Waals surface area contributed by atoms with E-state index < -0.39 is 30.5 Å². The number of ether oxygens (including phenoxy) is 1. The number of anilines is 3. The predicted molar refractivity (Wildman–Crippen MR) is 136 cm³/mol. The van der Waals surface area contributed by atoms with E-state index in [-0.39, 0.29) is 36.9 Å². The lowest BCUT2D eigenvalue weighted by Gasteiger charge is -2.42. The maximum Gasteiger partial charge on any atom is 0.413 e. The van der Waals surface area contributed by atoms with Crippen molar-refractivity contribution in [3.05, 3.63) is 23.3 Å². The van der Waals surface area contributed by atoms with Crippen molar-refractivity contribution in [1.29, 1.82) is 0 Å². The zero-order valence-electron chi connectivity index (χ0n) is 21.3. The van der Waals surface area contributed by atoms with E-state index in [1.807, 2.05) is 20.9 Å². The van der Waals surface area contributed by atoms with Gasteiger partial charge in [0.2, 0.25) is 5.95 Å². The van der Waals surface area contributed by atoms with Crippen molar-refractivity contribution in [1.82, 2.24) is 24.8 Å². The first-order chi connectivity index (χ1) is 17.5. The first kappa shape index (κ1) is 26.9. The van der Waals surface area contributed by atoms with Crippen molar-refractivity contribution in [3.63, 3.8) is 0 Å². The Bertz CT molecular complexity index is 1120. The minimum Gasteiger partial charge on any atom is -0.446 e. The van der Waals surface area contributed by atoms with Crippen LogP contribution in [0.15, 0.2) is 18.5 Å². The molecule has 37 heavy (non-hydrogen) atoms. The lowest BCUT2D eigenvalue weighted by molar-refractivity contribution is -0.0760. The molecule has 0 bridgehead atoms.